The predicted octanol–water partition coefficient (Wildman–Crippen LogP) is 4.03. The van der Waals surface area contributed by atoms with E-state index in [1.165, 1.54) is 19.2 Å². The Morgan fingerprint density at radius 1 is 1.15 bits per heavy atom. The normalized spacial score (nSPS) is 13.2. The molecule has 0 unspecified atom stereocenters. The minimum absolute atomic E-state index is 0.0860. The zero-order chi connectivity index (χ0) is 19.1. The summed E-state index contributed by atoms with van der Waals surface area (Å²) in [7, 11) is -2.51. The van der Waals surface area contributed by atoms with E-state index in [9.17, 15) is 18.5 Å². The second-order valence-electron chi connectivity index (χ2n) is 6.09. The van der Waals surface area contributed by atoms with E-state index in [1.54, 1.807) is 19.9 Å². The molecule has 1 aromatic heterocycles. The first-order chi connectivity index (χ1) is 12.2. The van der Waals surface area contributed by atoms with Crippen LogP contribution in [-0.4, -0.2) is 24.7 Å². The molecule has 0 aliphatic rings. The SMILES string of the molecule is Cc1ccc([N+](=O)[O-])cc1S(=O)(=O)N(C)[C@H](C)c1cc2ccccc2o1. The molecule has 1 atom stereocenters. The van der Waals surface area contributed by atoms with Crippen molar-refractivity contribution < 1.29 is 17.8 Å². The van der Waals surface area contributed by atoms with E-state index in [1.807, 2.05) is 24.3 Å². The number of nitro groups is 1. The van der Waals surface area contributed by atoms with Crippen LogP contribution in [0.4, 0.5) is 5.69 Å². The summed E-state index contributed by atoms with van der Waals surface area (Å²) >= 11 is 0. The maximum atomic E-state index is 13.0. The fraction of sp³-hybridized carbons (Fsp3) is 0.222. The summed E-state index contributed by atoms with van der Waals surface area (Å²) in [5.41, 5.74) is 0.852. The van der Waals surface area contributed by atoms with Crippen LogP contribution in [0.1, 0.15) is 24.3 Å². The van der Waals surface area contributed by atoms with Gasteiger partial charge in [-0.15, -0.1) is 0 Å². The molecule has 3 aromatic rings. The summed E-state index contributed by atoms with van der Waals surface area (Å²) in [5, 5.41) is 11.9. The summed E-state index contributed by atoms with van der Waals surface area (Å²) in [6, 6.07) is 12.4. The molecule has 2 aromatic carbocycles. The highest BCUT2D eigenvalue weighted by Gasteiger charge is 2.30. The summed E-state index contributed by atoms with van der Waals surface area (Å²) in [6.07, 6.45) is 0. The lowest BCUT2D eigenvalue weighted by molar-refractivity contribution is -0.385. The van der Waals surface area contributed by atoms with E-state index in [0.29, 0.717) is 16.9 Å². The third kappa shape index (κ3) is 3.09. The predicted molar refractivity (Wildman–Crippen MR) is 97.4 cm³/mol. The Bertz CT molecular complexity index is 1050. The summed E-state index contributed by atoms with van der Waals surface area (Å²) in [6.45, 7) is 3.32. The number of rotatable bonds is 5. The van der Waals surface area contributed by atoms with Gasteiger partial charge in [0.05, 0.1) is 15.9 Å². The van der Waals surface area contributed by atoms with Crippen LogP contribution in [0.2, 0.25) is 0 Å². The number of sulfonamides is 1. The van der Waals surface area contributed by atoms with Crippen molar-refractivity contribution in [3.63, 3.8) is 0 Å². The number of fused-ring (bicyclic) bond motifs is 1. The van der Waals surface area contributed by atoms with Crippen LogP contribution in [0, 0.1) is 17.0 Å². The monoisotopic (exact) mass is 374 g/mol. The van der Waals surface area contributed by atoms with E-state index < -0.39 is 21.0 Å². The van der Waals surface area contributed by atoms with E-state index in [4.69, 9.17) is 4.42 Å². The number of nitro benzene ring substituents is 1. The molecule has 0 bridgehead atoms. The molecular formula is C18H18N2O5S. The van der Waals surface area contributed by atoms with Crippen LogP contribution in [-0.2, 0) is 10.0 Å². The van der Waals surface area contributed by atoms with Crippen LogP contribution in [0.5, 0.6) is 0 Å². The Morgan fingerprint density at radius 3 is 2.50 bits per heavy atom. The quantitative estimate of drug-likeness (QED) is 0.496. The van der Waals surface area contributed by atoms with E-state index >= 15 is 0 Å². The average molecular weight is 374 g/mol. The van der Waals surface area contributed by atoms with Crippen LogP contribution in [0.3, 0.4) is 0 Å². The number of para-hydroxylation sites is 1. The molecule has 1 heterocycles. The van der Waals surface area contributed by atoms with Crippen molar-refractivity contribution in [1.29, 1.82) is 0 Å². The summed E-state index contributed by atoms with van der Waals surface area (Å²) < 4.78 is 33.0. The lowest BCUT2D eigenvalue weighted by Gasteiger charge is -2.23. The number of hydrogen-bond donors (Lipinski definition) is 0. The highest BCUT2D eigenvalue weighted by Crippen LogP contribution is 2.32. The largest absolute Gasteiger partial charge is 0.459 e. The van der Waals surface area contributed by atoms with E-state index in [0.717, 1.165) is 15.8 Å². The Hall–Kier alpha value is -2.71. The first-order valence-electron chi connectivity index (χ1n) is 7.93. The molecule has 8 heteroatoms. The van der Waals surface area contributed by atoms with Gasteiger partial charge in [0.15, 0.2) is 0 Å². The lowest BCUT2D eigenvalue weighted by atomic mass is 10.2. The van der Waals surface area contributed by atoms with E-state index in [2.05, 4.69) is 0 Å². The van der Waals surface area contributed by atoms with Crippen LogP contribution in [0.15, 0.2) is 57.8 Å². The fourth-order valence-electron chi connectivity index (χ4n) is 2.73. The molecule has 3 rings (SSSR count). The minimum Gasteiger partial charge on any atom is -0.459 e. The molecule has 0 aliphatic carbocycles. The topological polar surface area (TPSA) is 93.7 Å². The van der Waals surface area contributed by atoms with Crippen molar-refractivity contribution in [1.82, 2.24) is 4.31 Å². The Balaban J connectivity index is 2.01. The van der Waals surface area contributed by atoms with Crippen LogP contribution < -0.4 is 0 Å². The zero-order valence-electron chi connectivity index (χ0n) is 14.5. The summed E-state index contributed by atoms with van der Waals surface area (Å²) in [5.74, 6) is 0.500. The lowest BCUT2D eigenvalue weighted by Crippen LogP contribution is -2.30. The van der Waals surface area contributed by atoms with Gasteiger partial charge in [-0.25, -0.2) is 8.42 Å². The van der Waals surface area contributed by atoms with Gasteiger partial charge in [-0.05, 0) is 31.5 Å². The Labute approximate surface area is 151 Å². The van der Waals surface area contributed by atoms with Gasteiger partial charge in [0.1, 0.15) is 11.3 Å². The van der Waals surface area contributed by atoms with Crippen molar-refractivity contribution in [2.24, 2.45) is 0 Å². The number of non-ortho nitro benzene ring substituents is 1. The molecule has 7 nitrogen and oxygen atoms in total. The van der Waals surface area contributed by atoms with Gasteiger partial charge in [0, 0.05) is 24.6 Å². The molecule has 0 amide bonds. The third-order valence-electron chi connectivity index (χ3n) is 4.44. The highest BCUT2D eigenvalue weighted by atomic mass is 32.2. The number of aryl methyl sites for hydroxylation is 1. The van der Waals surface area contributed by atoms with Gasteiger partial charge in [0.2, 0.25) is 10.0 Å². The van der Waals surface area contributed by atoms with Gasteiger partial charge in [-0.1, -0.05) is 24.3 Å². The molecule has 0 N–H and O–H groups in total. The molecule has 0 aliphatic heterocycles. The standard InChI is InChI=1S/C18H18N2O5S/c1-12-8-9-15(20(21)22)11-18(12)26(23,24)19(3)13(2)17-10-14-6-4-5-7-16(14)25-17/h4-11,13H,1-3H3/t13-/m1/s1. The number of benzene rings is 2. The maximum absolute atomic E-state index is 13.0. The second kappa shape index (κ2) is 6.54. The smallest absolute Gasteiger partial charge is 0.270 e. The first-order valence-corrected chi connectivity index (χ1v) is 9.37. The molecule has 0 saturated heterocycles. The van der Waals surface area contributed by atoms with Crippen molar-refractivity contribution in [2.75, 3.05) is 7.05 Å². The third-order valence-corrected chi connectivity index (χ3v) is 6.51. The summed E-state index contributed by atoms with van der Waals surface area (Å²) in [4.78, 5) is 10.3. The molecule has 0 radical (unpaired) electrons. The van der Waals surface area contributed by atoms with Gasteiger partial charge >= 0.3 is 0 Å². The molecule has 0 saturated carbocycles. The van der Waals surface area contributed by atoms with Crippen LogP contribution >= 0.6 is 0 Å². The van der Waals surface area contributed by atoms with Crippen LogP contribution in [0.25, 0.3) is 11.0 Å². The number of hydrogen-bond acceptors (Lipinski definition) is 5. The number of nitrogens with zero attached hydrogens (tertiary/aromatic N) is 2. The maximum Gasteiger partial charge on any atom is 0.270 e. The Morgan fingerprint density at radius 2 is 1.85 bits per heavy atom. The van der Waals surface area contributed by atoms with Crippen molar-refractivity contribution in [2.45, 2.75) is 24.8 Å². The van der Waals surface area contributed by atoms with Gasteiger partial charge < -0.3 is 4.42 Å². The molecular weight excluding hydrogens is 356 g/mol. The molecule has 0 spiro atoms. The van der Waals surface area contributed by atoms with Gasteiger partial charge in [0.25, 0.3) is 5.69 Å². The van der Waals surface area contributed by atoms with E-state index in [-0.39, 0.29) is 10.6 Å². The van der Waals surface area contributed by atoms with Crippen molar-refractivity contribution in [3.8, 4) is 0 Å². The fourth-order valence-corrected chi connectivity index (χ4v) is 4.31. The Kier molecular flexibility index (Phi) is 4.55. The highest BCUT2D eigenvalue weighted by molar-refractivity contribution is 7.89. The first kappa shape index (κ1) is 18.1. The zero-order valence-corrected chi connectivity index (χ0v) is 15.4. The number of furan rings is 1. The second-order valence-corrected chi connectivity index (χ2v) is 8.06. The van der Waals surface area contributed by atoms with Gasteiger partial charge in [-0.3, -0.25) is 10.1 Å². The van der Waals surface area contributed by atoms with Gasteiger partial charge in [-0.2, -0.15) is 4.31 Å². The molecule has 0 fully saturated rings. The van der Waals surface area contributed by atoms with Crippen molar-refractivity contribution in [3.05, 3.63) is 70.0 Å². The van der Waals surface area contributed by atoms with Crippen molar-refractivity contribution >= 4 is 26.7 Å². The molecule has 136 valence electrons. The molecule has 26 heavy (non-hydrogen) atoms. The average Bonchev–Trinajstić information content (AvgIpc) is 3.04. The minimum atomic E-state index is -3.94.